The number of carboxylic acid groups (broad SMARTS) is 1. The van der Waals surface area contributed by atoms with Crippen molar-refractivity contribution in [2.45, 2.75) is 32.1 Å². The molecule has 0 amide bonds. The molecule has 0 atom stereocenters. The third-order valence-corrected chi connectivity index (χ3v) is 5.25. The Hall–Kier alpha value is -3.28. The highest BCUT2D eigenvalue weighted by atomic mass is 16.4. The van der Waals surface area contributed by atoms with Gasteiger partial charge in [-0.1, -0.05) is 24.3 Å². The molecule has 1 aliphatic rings. The number of aromatic nitrogens is 3. The molecular formula is C23H24N4O2. The lowest BCUT2D eigenvalue weighted by Crippen LogP contribution is -2.27. The number of aryl methyl sites for hydroxylation is 1. The van der Waals surface area contributed by atoms with Gasteiger partial charge >= 0.3 is 5.97 Å². The van der Waals surface area contributed by atoms with Crippen molar-refractivity contribution in [3.63, 3.8) is 0 Å². The molecule has 6 nitrogen and oxygen atoms in total. The third-order valence-electron chi connectivity index (χ3n) is 5.25. The normalized spacial score (nSPS) is 13.6. The van der Waals surface area contributed by atoms with Gasteiger partial charge in [0, 0.05) is 49.2 Å². The number of fused-ring (bicyclic) bond motifs is 1. The number of benzene rings is 1. The second-order valence-electron chi connectivity index (χ2n) is 7.29. The van der Waals surface area contributed by atoms with Crippen LogP contribution in [0.25, 0.3) is 11.4 Å². The van der Waals surface area contributed by atoms with Crippen molar-refractivity contribution in [2.24, 2.45) is 0 Å². The quantitative estimate of drug-likeness (QED) is 0.696. The average Bonchev–Trinajstić information content (AvgIpc) is 2.97. The van der Waals surface area contributed by atoms with Crippen LogP contribution in [-0.2, 0) is 24.1 Å². The summed E-state index contributed by atoms with van der Waals surface area (Å²) in [7, 11) is 0. The predicted molar refractivity (Wildman–Crippen MR) is 112 cm³/mol. The monoisotopic (exact) mass is 388 g/mol. The first kappa shape index (κ1) is 19.1. The molecule has 3 heterocycles. The Morgan fingerprint density at radius 3 is 2.45 bits per heavy atom. The molecule has 1 aromatic carbocycles. The third kappa shape index (κ3) is 4.77. The molecule has 0 unspecified atom stereocenters. The van der Waals surface area contributed by atoms with Crippen LogP contribution in [0.4, 0.5) is 5.82 Å². The Labute approximate surface area is 170 Å². The van der Waals surface area contributed by atoms with Crippen LogP contribution in [0.3, 0.4) is 0 Å². The van der Waals surface area contributed by atoms with E-state index in [1.54, 1.807) is 12.4 Å². The van der Waals surface area contributed by atoms with E-state index in [1.807, 2.05) is 18.2 Å². The zero-order valence-corrected chi connectivity index (χ0v) is 16.3. The van der Waals surface area contributed by atoms with E-state index >= 15 is 0 Å². The molecule has 0 spiro atoms. The van der Waals surface area contributed by atoms with Gasteiger partial charge in [0.1, 0.15) is 5.82 Å². The van der Waals surface area contributed by atoms with Gasteiger partial charge in [0.25, 0.3) is 0 Å². The fraction of sp³-hybridized carbons (Fsp3) is 0.304. The van der Waals surface area contributed by atoms with E-state index in [-0.39, 0.29) is 6.42 Å². The van der Waals surface area contributed by atoms with Crippen molar-refractivity contribution in [2.75, 3.05) is 18.0 Å². The fourth-order valence-corrected chi connectivity index (χ4v) is 3.72. The van der Waals surface area contributed by atoms with Crippen molar-refractivity contribution in [1.82, 2.24) is 15.0 Å². The van der Waals surface area contributed by atoms with Gasteiger partial charge < -0.3 is 10.0 Å². The van der Waals surface area contributed by atoms with Gasteiger partial charge in [0.2, 0.25) is 0 Å². The lowest BCUT2D eigenvalue weighted by atomic mass is 10.0. The van der Waals surface area contributed by atoms with E-state index in [0.29, 0.717) is 18.7 Å². The Morgan fingerprint density at radius 2 is 1.79 bits per heavy atom. The molecule has 1 aliphatic heterocycles. The molecule has 0 saturated carbocycles. The minimum Gasteiger partial charge on any atom is -0.481 e. The van der Waals surface area contributed by atoms with Gasteiger partial charge in [-0.15, -0.1) is 0 Å². The maximum atomic E-state index is 10.9. The van der Waals surface area contributed by atoms with Crippen molar-refractivity contribution in [3.05, 3.63) is 71.7 Å². The number of aliphatic carboxylic acids is 1. The summed E-state index contributed by atoms with van der Waals surface area (Å²) in [6, 6.07) is 14.4. The standard InChI is InChI=1S/C23H24N4O2/c28-22(29)9-3-8-20-15-21(26-23(25-20)19-7-4-12-24-16-19)27-13-10-17-5-1-2-6-18(17)11-14-27/h1-2,4-7,12,15-16H,3,8-11,13-14H2,(H,28,29). The van der Waals surface area contributed by atoms with Crippen molar-refractivity contribution in [1.29, 1.82) is 0 Å². The Morgan fingerprint density at radius 1 is 1.03 bits per heavy atom. The molecule has 0 aliphatic carbocycles. The fourth-order valence-electron chi connectivity index (χ4n) is 3.72. The smallest absolute Gasteiger partial charge is 0.303 e. The topological polar surface area (TPSA) is 79.2 Å². The number of carboxylic acids is 1. The van der Waals surface area contributed by atoms with Crippen molar-refractivity contribution in [3.8, 4) is 11.4 Å². The van der Waals surface area contributed by atoms with Crippen LogP contribution in [0.2, 0.25) is 0 Å². The summed E-state index contributed by atoms with van der Waals surface area (Å²) in [4.78, 5) is 26.9. The average molecular weight is 388 g/mol. The summed E-state index contributed by atoms with van der Waals surface area (Å²) in [6.07, 6.45) is 6.77. The largest absolute Gasteiger partial charge is 0.481 e. The number of anilines is 1. The van der Waals surface area contributed by atoms with E-state index in [0.717, 1.165) is 43.0 Å². The molecule has 0 fully saturated rings. The van der Waals surface area contributed by atoms with Crippen LogP contribution < -0.4 is 4.90 Å². The number of hydrogen-bond donors (Lipinski definition) is 1. The second kappa shape index (κ2) is 8.82. The number of carbonyl (C=O) groups is 1. The maximum Gasteiger partial charge on any atom is 0.303 e. The van der Waals surface area contributed by atoms with Crippen LogP contribution in [-0.4, -0.2) is 39.1 Å². The lowest BCUT2D eigenvalue weighted by Gasteiger charge is -2.22. The molecule has 148 valence electrons. The minimum absolute atomic E-state index is 0.139. The van der Waals surface area contributed by atoms with Crippen molar-refractivity contribution < 1.29 is 9.90 Å². The van der Waals surface area contributed by atoms with Crippen LogP contribution in [0, 0.1) is 0 Å². The zero-order chi connectivity index (χ0) is 20.1. The van der Waals surface area contributed by atoms with Gasteiger partial charge in [-0.2, -0.15) is 0 Å². The summed E-state index contributed by atoms with van der Waals surface area (Å²) >= 11 is 0. The Balaban J connectivity index is 1.62. The molecule has 29 heavy (non-hydrogen) atoms. The number of nitrogens with zero attached hydrogens (tertiary/aromatic N) is 4. The van der Waals surface area contributed by atoms with E-state index < -0.39 is 5.97 Å². The van der Waals surface area contributed by atoms with Gasteiger partial charge in [0.15, 0.2) is 5.82 Å². The lowest BCUT2D eigenvalue weighted by molar-refractivity contribution is -0.137. The summed E-state index contributed by atoms with van der Waals surface area (Å²) in [5.41, 5.74) is 4.54. The highest BCUT2D eigenvalue weighted by Gasteiger charge is 2.17. The maximum absolute atomic E-state index is 10.9. The van der Waals surface area contributed by atoms with Crippen LogP contribution in [0.5, 0.6) is 0 Å². The van der Waals surface area contributed by atoms with E-state index in [1.165, 1.54) is 11.1 Å². The Bertz CT molecular complexity index is 964. The second-order valence-corrected chi connectivity index (χ2v) is 7.29. The molecular weight excluding hydrogens is 364 g/mol. The highest BCUT2D eigenvalue weighted by Crippen LogP contribution is 2.24. The summed E-state index contributed by atoms with van der Waals surface area (Å²) < 4.78 is 0. The van der Waals surface area contributed by atoms with Crippen LogP contribution >= 0.6 is 0 Å². The molecule has 4 rings (SSSR count). The molecule has 2 aromatic heterocycles. The van der Waals surface area contributed by atoms with Crippen molar-refractivity contribution >= 4 is 11.8 Å². The molecule has 0 bridgehead atoms. The van der Waals surface area contributed by atoms with Crippen LogP contribution in [0.1, 0.15) is 29.7 Å². The highest BCUT2D eigenvalue weighted by molar-refractivity contribution is 5.66. The van der Waals surface area contributed by atoms with Crippen LogP contribution in [0.15, 0.2) is 54.9 Å². The van der Waals surface area contributed by atoms with Gasteiger partial charge in [-0.05, 0) is 48.9 Å². The molecule has 0 radical (unpaired) electrons. The molecule has 0 saturated heterocycles. The van der Waals surface area contributed by atoms with Gasteiger partial charge in [-0.3, -0.25) is 9.78 Å². The minimum atomic E-state index is -0.781. The first-order chi connectivity index (χ1) is 14.2. The Kier molecular flexibility index (Phi) is 5.79. The van der Waals surface area contributed by atoms with E-state index in [2.05, 4.69) is 39.1 Å². The first-order valence-corrected chi connectivity index (χ1v) is 10.0. The summed E-state index contributed by atoms with van der Waals surface area (Å²) in [5, 5.41) is 8.95. The number of pyridine rings is 1. The predicted octanol–water partition coefficient (Wildman–Crippen LogP) is 3.55. The summed E-state index contributed by atoms with van der Waals surface area (Å²) in [6.45, 7) is 1.80. The van der Waals surface area contributed by atoms with Gasteiger partial charge in [-0.25, -0.2) is 9.97 Å². The zero-order valence-electron chi connectivity index (χ0n) is 16.3. The molecule has 6 heteroatoms. The first-order valence-electron chi connectivity index (χ1n) is 10.0. The van der Waals surface area contributed by atoms with Gasteiger partial charge in [0.05, 0.1) is 0 Å². The SMILES string of the molecule is O=C(O)CCCc1cc(N2CCc3ccccc3CC2)nc(-c2cccnc2)n1. The van der Waals surface area contributed by atoms with E-state index in [4.69, 9.17) is 10.1 Å². The molecule has 3 aromatic rings. The number of hydrogen-bond acceptors (Lipinski definition) is 5. The van der Waals surface area contributed by atoms with E-state index in [9.17, 15) is 4.79 Å². The molecule has 1 N–H and O–H groups in total. The number of rotatable bonds is 6. The summed E-state index contributed by atoms with van der Waals surface area (Å²) in [5.74, 6) is 0.761.